The first kappa shape index (κ1) is 21.5. The number of hydrogen-bond acceptors (Lipinski definition) is 1. The molecule has 132 valence electrons. The number of hydrogen-bond donors (Lipinski definition) is 1. The molecular weight excluding hydrogens is 272 g/mol. The normalized spacial score (nSPS) is 14.0. The van der Waals surface area contributed by atoms with Crippen LogP contribution in [-0.4, -0.2) is 11.1 Å². The van der Waals surface area contributed by atoms with Crippen molar-refractivity contribution in [3.05, 3.63) is 0 Å². The molecule has 22 heavy (non-hydrogen) atoms. The minimum Gasteiger partial charge on any atom is -0.481 e. The second-order valence-corrected chi connectivity index (χ2v) is 7.34. The zero-order chi connectivity index (χ0) is 16.6. The fourth-order valence-electron chi connectivity index (χ4n) is 3.13. The molecule has 0 bridgehead atoms. The highest BCUT2D eigenvalue weighted by molar-refractivity contribution is 5.66. The highest BCUT2D eigenvalue weighted by Crippen LogP contribution is 2.19. The quantitative estimate of drug-likeness (QED) is 0.317. The third-order valence-electron chi connectivity index (χ3n) is 4.78. The second-order valence-electron chi connectivity index (χ2n) is 7.34. The van der Waals surface area contributed by atoms with E-state index in [2.05, 4.69) is 20.8 Å². The van der Waals surface area contributed by atoms with Crippen LogP contribution in [0.5, 0.6) is 0 Å². The Hall–Kier alpha value is -0.530. The summed E-state index contributed by atoms with van der Waals surface area (Å²) >= 11 is 0. The first-order valence-electron chi connectivity index (χ1n) is 9.78. The number of aliphatic carboxylic acids is 1. The fraction of sp³-hybridized carbons (Fsp3) is 0.950. The predicted molar refractivity (Wildman–Crippen MR) is 96.3 cm³/mol. The summed E-state index contributed by atoms with van der Waals surface area (Å²) in [6.07, 6.45) is 17.2. The van der Waals surface area contributed by atoms with Crippen molar-refractivity contribution in [2.75, 3.05) is 0 Å². The van der Waals surface area contributed by atoms with E-state index in [1.807, 2.05) is 0 Å². The van der Waals surface area contributed by atoms with Crippen molar-refractivity contribution in [3.63, 3.8) is 0 Å². The van der Waals surface area contributed by atoms with Gasteiger partial charge in [0, 0.05) is 6.42 Å². The van der Waals surface area contributed by atoms with Gasteiger partial charge in [0.1, 0.15) is 0 Å². The van der Waals surface area contributed by atoms with Crippen LogP contribution in [0.3, 0.4) is 0 Å². The molecule has 1 N–H and O–H groups in total. The van der Waals surface area contributed by atoms with Crippen LogP contribution in [0.1, 0.15) is 111 Å². The smallest absolute Gasteiger partial charge is 0.303 e. The second kappa shape index (κ2) is 15.4. The van der Waals surface area contributed by atoms with Crippen molar-refractivity contribution in [1.29, 1.82) is 0 Å². The molecule has 0 radical (unpaired) electrons. The van der Waals surface area contributed by atoms with Gasteiger partial charge in [-0.1, -0.05) is 97.8 Å². The van der Waals surface area contributed by atoms with Crippen molar-refractivity contribution in [2.45, 2.75) is 111 Å². The molecular formula is C20H40O2. The number of carbonyl (C=O) groups is 1. The lowest BCUT2D eigenvalue weighted by molar-refractivity contribution is -0.137. The zero-order valence-corrected chi connectivity index (χ0v) is 15.4. The predicted octanol–water partition coefficient (Wildman–Crippen LogP) is 6.82. The van der Waals surface area contributed by atoms with Crippen LogP contribution in [0.15, 0.2) is 0 Å². The molecule has 0 saturated carbocycles. The van der Waals surface area contributed by atoms with E-state index in [-0.39, 0.29) is 0 Å². The Morgan fingerprint density at radius 2 is 1.14 bits per heavy atom. The molecule has 0 spiro atoms. The molecule has 0 rings (SSSR count). The first-order valence-corrected chi connectivity index (χ1v) is 9.78. The van der Waals surface area contributed by atoms with E-state index >= 15 is 0 Å². The lowest BCUT2D eigenvalue weighted by atomic mass is 9.94. The minimum absolute atomic E-state index is 0.338. The van der Waals surface area contributed by atoms with E-state index in [0.717, 1.165) is 24.7 Å². The number of unbranched alkanes of at least 4 members (excludes halogenated alkanes) is 6. The highest BCUT2D eigenvalue weighted by atomic mass is 16.4. The zero-order valence-electron chi connectivity index (χ0n) is 15.4. The molecule has 0 amide bonds. The van der Waals surface area contributed by atoms with Gasteiger partial charge in [0.05, 0.1) is 0 Å². The summed E-state index contributed by atoms with van der Waals surface area (Å²) in [4.78, 5) is 10.4. The summed E-state index contributed by atoms with van der Waals surface area (Å²) in [5.41, 5.74) is 0. The van der Waals surface area contributed by atoms with E-state index in [4.69, 9.17) is 5.11 Å². The van der Waals surface area contributed by atoms with E-state index in [1.165, 1.54) is 70.6 Å². The van der Waals surface area contributed by atoms with Gasteiger partial charge in [-0.2, -0.15) is 0 Å². The highest BCUT2D eigenvalue weighted by Gasteiger charge is 2.04. The van der Waals surface area contributed by atoms with Crippen LogP contribution in [0.25, 0.3) is 0 Å². The first-order chi connectivity index (χ1) is 10.6. The SMILES string of the molecule is CCCCC(C)CCCCCCC(C)CCCCCC(=O)O. The Labute approximate surface area is 139 Å². The van der Waals surface area contributed by atoms with Gasteiger partial charge in [-0.05, 0) is 18.3 Å². The third-order valence-corrected chi connectivity index (χ3v) is 4.78. The summed E-state index contributed by atoms with van der Waals surface area (Å²) < 4.78 is 0. The Morgan fingerprint density at radius 1 is 0.727 bits per heavy atom. The minimum atomic E-state index is -0.655. The molecule has 0 aromatic carbocycles. The topological polar surface area (TPSA) is 37.3 Å². The summed E-state index contributed by atoms with van der Waals surface area (Å²) in [6.45, 7) is 7.03. The van der Waals surface area contributed by atoms with Crippen LogP contribution in [0.4, 0.5) is 0 Å². The molecule has 0 saturated heterocycles. The van der Waals surface area contributed by atoms with Gasteiger partial charge in [-0.3, -0.25) is 4.79 Å². The molecule has 2 unspecified atom stereocenters. The van der Waals surface area contributed by atoms with Crippen molar-refractivity contribution < 1.29 is 9.90 Å². The molecule has 2 heteroatoms. The summed E-state index contributed by atoms with van der Waals surface area (Å²) in [7, 11) is 0. The van der Waals surface area contributed by atoms with Gasteiger partial charge >= 0.3 is 5.97 Å². The van der Waals surface area contributed by atoms with Crippen LogP contribution in [0.2, 0.25) is 0 Å². The summed E-state index contributed by atoms with van der Waals surface area (Å²) in [6, 6.07) is 0. The number of rotatable bonds is 16. The maximum absolute atomic E-state index is 10.4. The van der Waals surface area contributed by atoms with Crippen molar-refractivity contribution in [3.8, 4) is 0 Å². The van der Waals surface area contributed by atoms with Crippen molar-refractivity contribution in [1.82, 2.24) is 0 Å². The number of carboxylic acids is 1. The molecule has 0 aromatic rings. The summed E-state index contributed by atoms with van der Waals surface area (Å²) in [5.74, 6) is 1.08. The molecule has 0 aliphatic heterocycles. The maximum atomic E-state index is 10.4. The lowest BCUT2D eigenvalue weighted by Gasteiger charge is -2.12. The summed E-state index contributed by atoms with van der Waals surface area (Å²) in [5, 5.41) is 8.59. The van der Waals surface area contributed by atoms with Crippen LogP contribution in [0, 0.1) is 11.8 Å². The Morgan fingerprint density at radius 3 is 1.55 bits per heavy atom. The van der Waals surface area contributed by atoms with Gasteiger partial charge in [0.15, 0.2) is 0 Å². The van der Waals surface area contributed by atoms with E-state index < -0.39 is 5.97 Å². The van der Waals surface area contributed by atoms with Gasteiger partial charge in [-0.15, -0.1) is 0 Å². The van der Waals surface area contributed by atoms with Crippen LogP contribution < -0.4 is 0 Å². The van der Waals surface area contributed by atoms with E-state index in [9.17, 15) is 4.79 Å². The van der Waals surface area contributed by atoms with Gasteiger partial charge in [0.25, 0.3) is 0 Å². The molecule has 0 aliphatic carbocycles. The van der Waals surface area contributed by atoms with E-state index in [0.29, 0.717) is 6.42 Å². The van der Waals surface area contributed by atoms with Crippen molar-refractivity contribution >= 4 is 5.97 Å². The molecule has 2 atom stereocenters. The van der Waals surface area contributed by atoms with Gasteiger partial charge < -0.3 is 5.11 Å². The molecule has 0 aromatic heterocycles. The number of carboxylic acid groups (broad SMARTS) is 1. The average Bonchev–Trinajstić information content (AvgIpc) is 2.47. The van der Waals surface area contributed by atoms with Gasteiger partial charge in [0.2, 0.25) is 0 Å². The standard InChI is InChI=1S/C20H40O2/c1-4-5-13-18(2)14-9-6-7-10-15-19(3)16-11-8-12-17-20(21)22/h18-19H,4-17H2,1-3H3,(H,21,22). The maximum Gasteiger partial charge on any atom is 0.303 e. The molecule has 0 aliphatic rings. The van der Waals surface area contributed by atoms with Crippen molar-refractivity contribution in [2.24, 2.45) is 11.8 Å². The van der Waals surface area contributed by atoms with Crippen LogP contribution in [-0.2, 0) is 4.79 Å². The monoisotopic (exact) mass is 312 g/mol. The van der Waals surface area contributed by atoms with Crippen LogP contribution >= 0.6 is 0 Å². The third kappa shape index (κ3) is 15.9. The molecule has 0 heterocycles. The fourth-order valence-corrected chi connectivity index (χ4v) is 3.13. The largest absolute Gasteiger partial charge is 0.481 e. The average molecular weight is 313 g/mol. The molecule has 2 nitrogen and oxygen atoms in total. The Bertz CT molecular complexity index is 250. The Kier molecular flexibility index (Phi) is 15.0. The van der Waals surface area contributed by atoms with E-state index in [1.54, 1.807) is 0 Å². The Balaban J connectivity index is 3.27. The molecule has 0 fully saturated rings. The van der Waals surface area contributed by atoms with Gasteiger partial charge in [-0.25, -0.2) is 0 Å². The lowest BCUT2D eigenvalue weighted by Crippen LogP contribution is -1.97.